The molecule has 3 heterocycles. The topological polar surface area (TPSA) is 87.7 Å². The van der Waals surface area contributed by atoms with Gasteiger partial charge in [-0.1, -0.05) is 29.8 Å². The number of carbonyl (C=O) groups excluding carboxylic acids is 1. The van der Waals surface area contributed by atoms with E-state index < -0.39 is 15.8 Å². The number of rotatable bonds is 8. The predicted molar refractivity (Wildman–Crippen MR) is 156 cm³/mol. The van der Waals surface area contributed by atoms with Crippen molar-refractivity contribution in [3.05, 3.63) is 64.4 Å². The Labute approximate surface area is 241 Å². The zero-order valence-corrected chi connectivity index (χ0v) is 24.4. The number of ether oxygens (including phenoxy) is 1. The predicted octanol–water partition coefficient (Wildman–Crippen LogP) is 4.96. The Morgan fingerprint density at radius 2 is 1.90 bits per heavy atom. The molecule has 3 aliphatic heterocycles. The van der Waals surface area contributed by atoms with E-state index in [2.05, 4.69) is 10.6 Å². The summed E-state index contributed by atoms with van der Waals surface area (Å²) < 4.78 is 48.3. The number of nitrogens with zero attached hydrogens (tertiary/aromatic N) is 1. The fourth-order valence-corrected chi connectivity index (χ4v) is 8.47. The highest BCUT2D eigenvalue weighted by molar-refractivity contribution is 7.89. The highest BCUT2D eigenvalue weighted by Crippen LogP contribution is 2.36. The quantitative estimate of drug-likeness (QED) is 0.453. The number of hydrogen-bond donors (Lipinski definition) is 2. The van der Waals surface area contributed by atoms with E-state index in [1.54, 1.807) is 16.4 Å². The van der Waals surface area contributed by atoms with Gasteiger partial charge in [0.15, 0.2) is 0 Å². The maximum Gasteiger partial charge on any atom is 0.225 e. The van der Waals surface area contributed by atoms with Crippen molar-refractivity contribution in [3.63, 3.8) is 0 Å². The van der Waals surface area contributed by atoms with Crippen LogP contribution in [0, 0.1) is 17.7 Å². The zero-order valence-electron chi connectivity index (χ0n) is 22.8. The molecule has 3 saturated heterocycles. The van der Waals surface area contributed by atoms with Crippen molar-refractivity contribution in [1.82, 2.24) is 9.62 Å². The molecule has 5 rings (SSSR count). The average Bonchev–Trinajstić information content (AvgIpc) is 3.24. The third-order valence-electron chi connectivity index (χ3n) is 8.69. The molecule has 2 aromatic carbocycles. The summed E-state index contributed by atoms with van der Waals surface area (Å²) in [6, 6.07) is 12.1. The Kier molecular flexibility index (Phi) is 9.79. The lowest BCUT2D eigenvalue weighted by Gasteiger charge is -2.30. The lowest BCUT2D eigenvalue weighted by molar-refractivity contribution is -0.117. The van der Waals surface area contributed by atoms with Crippen LogP contribution in [0.5, 0.6) is 0 Å². The van der Waals surface area contributed by atoms with E-state index >= 15 is 4.39 Å². The fourth-order valence-electron chi connectivity index (χ4n) is 6.50. The van der Waals surface area contributed by atoms with Crippen LogP contribution >= 0.6 is 11.6 Å². The zero-order chi connectivity index (χ0) is 28.1. The summed E-state index contributed by atoms with van der Waals surface area (Å²) in [6.07, 6.45) is 4.38. The monoisotopic (exact) mass is 591 g/mol. The SMILES string of the molecule is O=C(CC(c1ccc(Cl)cc1)C1CCOCC1)Nc1cccc(F)c1CCC1CNCC2CCCS(=O)(=O)N1C2. The van der Waals surface area contributed by atoms with Gasteiger partial charge < -0.3 is 15.4 Å². The van der Waals surface area contributed by atoms with Gasteiger partial charge in [-0.25, -0.2) is 12.8 Å². The molecule has 0 spiro atoms. The van der Waals surface area contributed by atoms with Crippen LogP contribution in [0.15, 0.2) is 42.5 Å². The molecule has 10 heteroatoms. The number of anilines is 1. The molecule has 2 aromatic rings. The average molecular weight is 592 g/mol. The molecule has 3 fully saturated rings. The molecule has 4 unspecified atom stereocenters. The van der Waals surface area contributed by atoms with Gasteiger partial charge in [-0.2, -0.15) is 4.31 Å². The van der Waals surface area contributed by atoms with Gasteiger partial charge in [-0.3, -0.25) is 4.79 Å². The smallest absolute Gasteiger partial charge is 0.225 e. The van der Waals surface area contributed by atoms with E-state index in [9.17, 15) is 13.2 Å². The van der Waals surface area contributed by atoms with Crippen LogP contribution in [0.4, 0.5) is 10.1 Å². The summed E-state index contributed by atoms with van der Waals surface area (Å²) in [5.74, 6) is 0.200. The van der Waals surface area contributed by atoms with E-state index in [4.69, 9.17) is 16.3 Å². The molecule has 7 nitrogen and oxygen atoms in total. The van der Waals surface area contributed by atoms with Crippen LogP contribution in [0.3, 0.4) is 0 Å². The standard InChI is InChI=1S/C30H39ClFN3O4S/c31-24-8-6-22(7-9-24)27(23-12-14-39-15-13-23)17-30(36)34-29-5-1-4-28(32)26(29)11-10-25-19-33-18-21-3-2-16-40(37,38)35(25)20-21/h1,4-9,21,23,25,27,33H,2-3,10-20H2,(H,34,36). The van der Waals surface area contributed by atoms with Gasteiger partial charge in [0, 0.05) is 55.0 Å². The minimum absolute atomic E-state index is 0.00331. The second-order valence-corrected chi connectivity index (χ2v) is 13.8. The van der Waals surface area contributed by atoms with Crippen molar-refractivity contribution in [3.8, 4) is 0 Å². The molecule has 4 atom stereocenters. The number of fused-ring (bicyclic) bond motifs is 2. The number of amides is 1. The molecule has 1 amide bonds. The van der Waals surface area contributed by atoms with Gasteiger partial charge in [0.2, 0.25) is 15.9 Å². The van der Waals surface area contributed by atoms with Gasteiger partial charge >= 0.3 is 0 Å². The molecule has 3 aliphatic rings. The van der Waals surface area contributed by atoms with Crippen molar-refractivity contribution in [2.24, 2.45) is 11.8 Å². The van der Waals surface area contributed by atoms with Crippen LogP contribution in [-0.4, -0.2) is 63.3 Å². The lowest BCUT2D eigenvalue weighted by Crippen LogP contribution is -2.44. The number of hydrogen-bond acceptors (Lipinski definition) is 5. The first kappa shape index (κ1) is 29.5. The van der Waals surface area contributed by atoms with Crippen molar-refractivity contribution in [1.29, 1.82) is 0 Å². The number of halogens is 2. The van der Waals surface area contributed by atoms with Gasteiger partial charge in [0.25, 0.3) is 0 Å². The number of nitrogens with one attached hydrogen (secondary N) is 2. The van der Waals surface area contributed by atoms with Crippen molar-refractivity contribution in [2.75, 3.05) is 43.9 Å². The minimum atomic E-state index is -3.35. The van der Waals surface area contributed by atoms with Crippen LogP contribution in [0.25, 0.3) is 0 Å². The Balaban J connectivity index is 1.30. The largest absolute Gasteiger partial charge is 0.381 e. The minimum Gasteiger partial charge on any atom is -0.381 e. The summed E-state index contributed by atoms with van der Waals surface area (Å²) in [6.45, 7) is 3.20. The first-order chi connectivity index (χ1) is 19.3. The van der Waals surface area contributed by atoms with E-state index in [1.807, 2.05) is 24.3 Å². The van der Waals surface area contributed by atoms with E-state index in [-0.39, 0.29) is 30.0 Å². The third kappa shape index (κ3) is 7.23. The fraction of sp³-hybridized carbons (Fsp3) is 0.567. The van der Waals surface area contributed by atoms with Crippen molar-refractivity contribution >= 4 is 33.2 Å². The van der Waals surface area contributed by atoms with Gasteiger partial charge in [0.1, 0.15) is 5.82 Å². The first-order valence-electron chi connectivity index (χ1n) is 14.4. The molecule has 0 aromatic heterocycles. The molecule has 0 saturated carbocycles. The van der Waals surface area contributed by atoms with E-state index in [0.717, 1.165) is 31.4 Å². The summed E-state index contributed by atoms with van der Waals surface area (Å²) in [7, 11) is -3.35. The molecule has 2 bridgehead atoms. The van der Waals surface area contributed by atoms with Crippen molar-refractivity contribution in [2.45, 2.75) is 56.9 Å². The Morgan fingerprint density at radius 1 is 1.12 bits per heavy atom. The van der Waals surface area contributed by atoms with Crippen molar-refractivity contribution < 1.29 is 22.3 Å². The van der Waals surface area contributed by atoms with Crippen LogP contribution in [-0.2, 0) is 26.0 Å². The highest BCUT2D eigenvalue weighted by atomic mass is 35.5. The van der Waals surface area contributed by atoms with Crippen LogP contribution in [0.1, 0.15) is 55.6 Å². The summed E-state index contributed by atoms with van der Waals surface area (Å²) >= 11 is 6.12. The highest BCUT2D eigenvalue weighted by Gasteiger charge is 2.36. The molecular formula is C30H39ClFN3O4S. The Hall–Kier alpha value is -2.04. The number of benzene rings is 2. The van der Waals surface area contributed by atoms with Crippen LogP contribution < -0.4 is 10.6 Å². The van der Waals surface area contributed by atoms with Gasteiger partial charge in [-0.15, -0.1) is 0 Å². The normalized spacial score (nSPS) is 25.9. The maximum absolute atomic E-state index is 15.1. The molecule has 0 aliphatic carbocycles. The molecule has 0 radical (unpaired) electrons. The van der Waals surface area contributed by atoms with Gasteiger partial charge in [0.05, 0.1) is 5.75 Å². The van der Waals surface area contributed by atoms with Gasteiger partial charge in [-0.05, 0) is 92.7 Å². The summed E-state index contributed by atoms with van der Waals surface area (Å²) in [5, 5.41) is 7.05. The second-order valence-electron chi connectivity index (χ2n) is 11.4. The Morgan fingerprint density at radius 3 is 2.67 bits per heavy atom. The van der Waals surface area contributed by atoms with E-state index in [1.165, 1.54) is 6.07 Å². The molecular weight excluding hydrogens is 553 g/mol. The summed E-state index contributed by atoms with van der Waals surface area (Å²) in [5.41, 5.74) is 1.92. The first-order valence-corrected chi connectivity index (χ1v) is 16.4. The number of sulfonamides is 1. The third-order valence-corrected chi connectivity index (χ3v) is 10.9. The van der Waals surface area contributed by atoms with Crippen LogP contribution in [0.2, 0.25) is 5.02 Å². The summed E-state index contributed by atoms with van der Waals surface area (Å²) in [4.78, 5) is 13.4. The lowest BCUT2D eigenvalue weighted by atomic mass is 9.79. The second kappa shape index (κ2) is 13.3. The molecule has 40 heavy (non-hydrogen) atoms. The molecule has 2 N–H and O–H groups in total. The van der Waals surface area contributed by atoms with E-state index in [0.29, 0.717) is 73.7 Å². The maximum atomic E-state index is 15.1. The number of carbonyl (C=O) groups is 1. The molecule has 218 valence electrons. The Bertz CT molecular complexity index is 1270.